The lowest BCUT2D eigenvalue weighted by atomic mass is 10.1. The van der Waals surface area contributed by atoms with Crippen LogP contribution in [0.4, 0.5) is 0 Å². The number of fused-ring (bicyclic) bond motifs is 2. The number of amides is 2. The van der Waals surface area contributed by atoms with Gasteiger partial charge in [-0.2, -0.15) is 0 Å². The first-order valence-corrected chi connectivity index (χ1v) is 9.67. The van der Waals surface area contributed by atoms with Crippen LogP contribution in [-0.2, 0) is 9.53 Å². The highest BCUT2D eigenvalue weighted by molar-refractivity contribution is 7.20. The molecule has 3 heterocycles. The van der Waals surface area contributed by atoms with E-state index in [0.717, 1.165) is 27.9 Å². The third kappa shape index (κ3) is 2.93. The Labute approximate surface area is 151 Å². The van der Waals surface area contributed by atoms with Crippen LogP contribution < -0.4 is 0 Å². The molecule has 5 nitrogen and oxygen atoms in total. The van der Waals surface area contributed by atoms with Crippen LogP contribution >= 0.6 is 11.3 Å². The number of carbonyl (C=O) groups excluding carboxylic acids is 2. The summed E-state index contributed by atoms with van der Waals surface area (Å²) >= 11 is 1.54. The average Bonchev–Trinajstić information content (AvgIpc) is 3.29. The average molecular weight is 358 g/mol. The molecule has 2 amide bonds. The van der Waals surface area contributed by atoms with Crippen molar-refractivity contribution in [1.82, 2.24) is 9.80 Å². The number of benzene rings is 1. The van der Waals surface area contributed by atoms with Gasteiger partial charge in [0.05, 0.1) is 23.6 Å². The van der Waals surface area contributed by atoms with E-state index in [1.165, 1.54) is 11.3 Å². The van der Waals surface area contributed by atoms with E-state index in [4.69, 9.17) is 4.74 Å². The zero-order valence-corrected chi connectivity index (χ0v) is 15.1. The minimum absolute atomic E-state index is 0.00633. The van der Waals surface area contributed by atoms with Crippen molar-refractivity contribution >= 4 is 33.2 Å². The Balaban J connectivity index is 1.50. The highest BCUT2D eigenvalue weighted by Gasteiger charge is 2.48. The van der Waals surface area contributed by atoms with Crippen LogP contribution in [0.1, 0.15) is 29.4 Å². The zero-order valence-electron chi connectivity index (χ0n) is 14.3. The van der Waals surface area contributed by atoms with Gasteiger partial charge in [-0.15, -0.1) is 11.3 Å². The van der Waals surface area contributed by atoms with Gasteiger partial charge < -0.3 is 14.5 Å². The van der Waals surface area contributed by atoms with Gasteiger partial charge in [0.15, 0.2) is 0 Å². The molecule has 2 aliphatic rings. The van der Waals surface area contributed by atoms with Crippen LogP contribution in [0.25, 0.3) is 10.1 Å². The van der Waals surface area contributed by atoms with Crippen LogP contribution in [0, 0.1) is 0 Å². The van der Waals surface area contributed by atoms with Crippen LogP contribution in [0.5, 0.6) is 0 Å². The van der Waals surface area contributed by atoms with E-state index in [1.54, 1.807) is 0 Å². The zero-order chi connectivity index (χ0) is 17.4. The van der Waals surface area contributed by atoms with E-state index in [9.17, 15) is 9.59 Å². The minimum atomic E-state index is 0.00633. The first kappa shape index (κ1) is 16.5. The van der Waals surface area contributed by atoms with Crippen molar-refractivity contribution in [2.24, 2.45) is 0 Å². The van der Waals surface area contributed by atoms with Gasteiger partial charge in [0, 0.05) is 30.8 Å². The number of carbonyl (C=O) groups is 2. The molecule has 0 spiro atoms. The topological polar surface area (TPSA) is 49.9 Å². The van der Waals surface area contributed by atoms with E-state index < -0.39 is 0 Å². The molecule has 0 aliphatic carbocycles. The SMILES string of the molecule is CCOCCN1C(=O)C[C@H]2[C@@H]1CCN2C(=O)c1cc2ccccc2s1. The number of thiophene rings is 1. The summed E-state index contributed by atoms with van der Waals surface area (Å²) in [6, 6.07) is 10.2. The molecule has 0 unspecified atom stereocenters. The van der Waals surface area contributed by atoms with Gasteiger partial charge in [-0.1, -0.05) is 18.2 Å². The Morgan fingerprint density at radius 3 is 2.96 bits per heavy atom. The Morgan fingerprint density at radius 2 is 2.16 bits per heavy atom. The largest absolute Gasteiger partial charge is 0.380 e. The van der Waals surface area contributed by atoms with Crippen molar-refractivity contribution in [3.05, 3.63) is 35.2 Å². The predicted molar refractivity (Wildman–Crippen MR) is 97.9 cm³/mol. The van der Waals surface area contributed by atoms with Crippen molar-refractivity contribution in [3.8, 4) is 0 Å². The van der Waals surface area contributed by atoms with Gasteiger partial charge >= 0.3 is 0 Å². The maximum absolute atomic E-state index is 13.0. The molecule has 4 rings (SSSR count). The molecular weight excluding hydrogens is 336 g/mol. The van der Waals surface area contributed by atoms with Gasteiger partial charge in [0.1, 0.15) is 0 Å². The summed E-state index contributed by atoms with van der Waals surface area (Å²) in [6.45, 7) is 4.53. The second-order valence-corrected chi connectivity index (χ2v) is 7.64. The second-order valence-electron chi connectivity index (χ2n) is 6.56. The third-order valence-electron chi connectivity index (χ3n) is 5.19. The molecule has 0 radical (unpaired) electrons. The molecule has 2 atom stereocenters. The third-order valence-corrected chi connectivity index (χ3v) is 6.30. The van der Waals surface area contributed by atoms with E-state index >= 15 is 0 Å². The van der Waals surface area contributed by atoms with Gasteiger partial charge in [0.25, 0.3) is 5.91 Å². The molecule has 2 aliphatic heterocycles. The summed E-state index contributed by atoms with van der Waals surface area (Å²) in [7, 11) is 0. The molecule has 1 aromatic heterocycles. The van der Waals surface area contributed by atoms with E-state index in [2.05, 4.69) is 0 Å². The lowest BCUT2D eigenvalue weighted by Gasteiger charge is -2.25. The summed E-state index contributed by atoms with van der Waals surface area (Å²) in [5.74, 6) is 0.205. The number of hydrogen-bond acceptors (Lipinski definition) is 4. The monoisotopic (exact) mass is 358 g/mol. The predicted octanol–water partition coefficient (Wildman–Crippen LogP) is 2.75. The Bertz CT molecular complexity index is 770. The fourth-order valence-electron chi connectivity index (χ4n) is 4.01. The van der Waals surface area contributed by atoms with Gasteiger partial charge in [0.2, 0.25) is 5.91 Å². The highest BCUT2D eigenvalue weighted by atomic mass is 32.1. The summed E-state index contributed by atoms with van der Waals surface area (Å²) in [4.78, 5) is 30.0. The molecule has 6 heteroatoms. The minimum Gasteiger partial charge on any atom is -0.380 e. The van der Waals surface area contributed by atoms with Crippen molar-refractivity contribution in [1.29, 1.82) is 0 Å². The van der Waals surface area contributed by atoms with Crippen molar-refractivity contribution in [2.45, 2.75) is 31.8 Å². The maximum Gasteiger partial charge on any atom is 0.264 e. The molecule has 1 aromatic carbocycles. The maximum atomic E-state index is 13.0. The number of hydrogen-bond donors (Lipinski definition) is 0. The van der Waals surface area contributed by atoms with Crippen LogP contribution in [-0.4, -0.2) is 60.0 Å². The Kier molecular flexibility index (Phi) is 4.48. The fraction of sp³-hybridized carbons (Fsp3) is 0.474. The lowest BCUT2D eigenvalue weighted by molar-refractivity contribution is -0.129. The molecule has 2 saturated heterocycles. The second kappa shape index (κ2) is 6.77. The number of rotatable bonds is 5. The molecule has 2 aromatic rings. The van der Waals surface area contributed by atoms with Crippen LogP contribution in [0.15, 0.2) is 30.3 Å². The summed E-state index contributed by atoms with van der Waals surface area (Å²) < 4.78 is 6.52. The molecule has 2 fully saturated rings. The van der Waals surface area contributed by atoms with Crippen LogP contribution in [0.3, 0.4) is 0 Å². The van der Waals surface area contributed by atoms with E-state index in [1.807, 2.05) is 47.1 Å². The van der Waals surface area contributed by atoms with Crippen molar-refractivity contribution in [2.75, 3.05) is 26.3 Å². The van der Waals surface area contributed by atoms with Crippen molar-refractivity contribution < 1.29 is 14.3 Å². The Morgan fingerprint density at radius 1 is 1.32 bits per heavy atom. The molecule has 25 heavy (non-hydrogen) atoms. The molecule has 0 N–H and O–H groups in total. The molecule has 0 bridgehead atoms. The number of likely N-dealkylation sites (tertiary alicyclic amines) is 2. The normalized spacial score (nSPS) is 22.8. The van der Waals surface area contributed by atoms with Gasteiger partial charge in [-0.25, -0.2) is 0 Å². The van der Waals surface area contributed by atoms with Crippen LogP contribution in [0.2, 0.25) is 0 Å². The first-order chi connectivity index (χ1) is 12.2. The lowest BCUT2D eigenvalue weighted by Crippen LogP contribution is -2.40. The van der Waals surface area contributed by atoms with Crippen molar-refractivity contribution in [3.63, 3.8) is 0 Å². The standard InChI is InChI=1S/C19H22N2O3S/c1-2-24-10-9-20-14-7-8-21(15(14)12-18(20)22)19(23)17-11-13-5-3-4-6-16(13)25-17/h3-6,11,14-15H,2,7-10,12H2,1H3/t14-,15-/m0/s1. The quantitative estimate of drug-likeness (QED) is 0.772. The van der Waals surface area contributed by atoms with E-state index in [-0.39, 0.29) is 23.9 Å². The summed E-state index contributed by atoms with van der Waals surface area (Å²) in [6.07, 6.45) is 1.30. The van der Waals surface area contributed by atoms with Gasteiger partial charge in [-0.05, 0) is 30.9 Å². The molecule has 132 valence electrons. The number of nitrogens with zero attached hydrogens (tertiary/aromatic N) is 2. The first-order valence-electron chi connectivity index (χ1n) is 8.86. The Hall–Kier alpha value is -1.92. The molecule has 0 saturated carbocycles. The smallest absolute Gasteiger partial charge is 0.264 e. The van der Waals surface area contributed by atoms with Gasteiger partial charge in [-0.3, -0.25) is 9.59 Å². The van der Waals surface area contributed by atoms with E-state index in [0.29, 0.717) is 26.2 Å². The highest BCUT2D eigenvalue weighted by Crippen LogP contribution is 2.35. The fourth-order valence-corrected chi connectivity index (χ4v) is 5.03. The molecular formula is C19H22N2O3S. The summed E-state index contributed by atoms with van der Waals surface area (Å²) in [5, 5.41) is 1.10. The summed E-state index contributed by atoms with van der Waals surface area (Å²) in [5.41, 5.74) is 0. The number of ether oxygens (including phenoxy) is 1.